The summed E-state index contributed by atoms with van der Waals surface area (Å²) in [4.78, 5) is 2.00. The molecular formula is C23H27FN2. The predicted octanol–water partition coefficient (Wildman–Crippen LogP) is 5.71. The van der Waals surface area contributed by atoms with Crippen LogP contribution in [-0.2, 0) is 0 Å². The van der Waals surface area contributed by atoms with E-state index in [0.717, 1.165) is 34.6 Å². The summed E-state index contributed by atoms with van der Waals surface area (Å²) in [6.07, 6.45) is 0.803. The van der Waals surface area contributed by atoms with Crippen LogP contribution in [0.2, 0.25) is 0 Å². The predicted molar refractivity (Wildman–Crippen MR) is 110 cm³/mol. The lowest BCUT2D eigenvalue weighted by Crippen LogP contribution is -2.22. The minimum absolute atomic E-state index is 0.249. The third kappa shape index (κ3) is 4.46. The number of nitrogen functional groups attached to an aromatic ring is 1. The van der Waals surface area contributed by atoms with Gasteiger partial charge in [0.25, 0.3) is 0 Å². The highest BCUT2D eigenvalue weighted by Gasteiger charge is 2.26. The Hall–Kier alpha value is -2.73. The summed E-state index contributed by atoms with van der Waals surface area (Å²) in [6, 6.07) is 14.4. The van der Waals surface area contributed by atoms with E-state index in [2.05, 4.69) is 25.7 Å². The van der Waals surface area contributed by atoms with Crippen molar-refractivity contribution in [1.29, 1.82) is 0 Å². The quantitative estimate of drug-likeness (QED) is 0.565. The molecule has 2 rings (SSSR count). The van der Waals surface area contributed by atoms with Gasteiger partial charge in [-0.05, 0) is 62.2 Å². The monoisotopic (exact) mass is 350 g/mol. The van der Waals surface area contributed by atoms with Crippen molar-refractivity contribution < 1.29 is 4.39 Å². The SMILES string of the molecule is CCC#CC(C)(C)/C(=C(/C)N(C)c1cccc(F)c1)c1ccc(N)cc1. The molecule has 0 saturated heterocycles. The van der Waals surface area contributed by atoms with E-state index in [1.165, 1.54) is 12.1 Å². The zero-order chi connectivity index (χ0) is 19.3. The van der Waals surface area contributed by atoms with Crippen LogP contribution in [0.3, 0.4) is 0 Å². The number of hydrogen-bond acceptors (Lipinski definition) is 2. The van der Waals surface area contributed by atoms with E-state index < -0.39 is 0 Å². The number of halogens is 1. The van der Waals surface area contributed by atoms with E-state index in [-0.39, 0.29) is 11.2 Å². The molecule has 0 aliphatic carbocycles. The van der Waals surface area contributed by atoms with Gasteiger partial charge >= 0.3 is 0 Å². The number of nitrogens with zero attached hydrogens (tertiary/aromatic N) is 1. The van der Waals surface area contributed by atoms with Crippen molar-refractivity contribution in [3.05, 3.63) is 65.6 Å². The minimum atomic E-state index is -0.363. The summed E-state index contributed by atoms with van der Waals surface area (Å²) >= 11 is 0. The topological polar surface area (TPSA) is 29.3 Å². The summed E-state index contributed by atoms with van der Waals surface area (Å²) in [6.45, 7) is 8.32. The molecule has 0 fully saturated rings. The Morgan fingerprint density at radius 3 is 2.38 bits per heavy atom. The van der Waals surface area contributed by atoms with Gasteiger partial charge in [0.15, 0.2) is 0 Å². The highest BCUT2D eigenvalue weighted by Crippen LogP contribution is 2.38. The molecule has 2 aromatic carbocycles. The Morgan fingerprint density at radius 2 is 1.81 bits per heavy atom. The second-order valence-corrected chi connectivity index (χ2v) is 6.90. The Kier molecular flexibility index (Phi) is 6.10. The number of hydrogen-bond donors (Lipinski definition) is 1. The summed E-state index contributed by atoms with van der Waals surface area (Å²) in [5, 5.41) is 0. The Labute approximate surface area is 156 Å². The van der Waals surface area contributed by atoms with Crippen LogP contribution in [0, 0.1) is 23.1 Å². The molecule has 136 valence electrons. The van der Waals surface area contributed by atoms with E-state index >= 15 is 0 Å². The summed E-state index contributed by atoms with van der Waals surface area (Å²) in [5.74, 6) is 6.34. The normalized spacial score (nSPS) is 12.1. The lowest BCUT2D eigenvalue weighted by molar-refractivity contribution is 0.627. The van der Waals surface area contributed by atoms with Gasteiger partial charge in [0.05, 0.1) is 5.41 Å². The van der Waals surface area contributed by atoms with E-state index in [1.807, 2.05) is 56.1 Å². The largest absolute Gasteiger partial charge is 0.399 e. The Bertz CT molecular complexity index is 852. The average Bonchev–Trinajstić information content (AvgIpc) is 2.61. The molecule has 0 heterocycles. The van der Waals surface area contributed by atoms with Gasteiger partial charge in [0, 0.05) is 30.5 Å². The third-order valence-corrected chi connectivity index (χ3v) is 4.46. The Balaban J connectivity index is 2.64. The number of rotatable bonds is 4. The molecule has 2 nitrogen and oxygen atoms in total. The first-order valence-corrected chi connectivity index (χ1v) is 8.83. The minimum Gasteiger partial charge on any atom is -0.399 e. The van der Waals surface area contributed by atoms with Crippen molar-refractivity contribution in [3.8, 4) is 11.8 Å². The molecule has 0 bridgehead atoms. The van der Waals surface area contributed by atoms with Gasteiger partial charge < -0.3 is 10.6 Å². The first-order chi connectivity index (χ1) is 12.3. The first kappa shape index (κ1) is 19.6. The van der Waals surface area contributed by atoms with Crippen molar-refractivity contribution in [2.45, 2.75) is 34.1 Å². The van der Waals surface area contributed by atoms with Crippen LogP contribution in [0.5, 0.6) is 0 Å². The number of allylic oxidation sites excluding steroid dienone is 2. The molecule has 3 heteroatoms. The van der Waals surface area contributed by atoms with Crippen molar-refractivity contribution in [3.63, 3.8) is 0 Å². The van der Waals surface area contributed by atoms with Gasteiger partial charge in [-0.3, -0.25) is 0 Å². The summed E-state index contributed by atoms with van der Waals surface area (Å²) in [7, 11) is 1.95. The molecule has 0 atom stereocenters. The van der Waals surface area contributed by atoms with Crippen molar-refractivity contribution >= 4 is 16.9 Å². The van der Waals surface area contributed by atoms with Gasteiger partial charge in [-0.2, -0.15) is 0 Å². The zero-order valence-electron chi connectivity index (χ0n) is 16.2. The van der Waals surface area contributed by atoms with Crippen LogP contribution in [0.25, 0.3) is 5.57 Å². The van der Waals surface area contributed by atoms with E-state index in [4.69, 9.17) is 5.73 Å². The fourth-order valence-corrected chi connectivity index (χ4v) is 3.09. The molecule has 0 unspecified atom stereocenters. The molecule has 0 aliphatic rings. The maximum Gasteiger partial charge on any atom is 0.125 e. The molecule has 0 radical (unpaired) electrons. The maximum atomic E-state index is 13.7. The molecule has 0 aromatic heterocycles. The lowest BCUT2D eigenvalue weighted by Gasteiger charge is -2.30. The third-order valence-electron chi connectivity index (χ3n) is 4.46. The van der Waals surface area contributed by atoms with Crippen molar-refractivity contribution in [2.75, 3.05) is 17.7 Å². The van der Waals surface area contributed by atoms with Gasteiger partial charge in [0.1, 0.15) is 5.82 Å². The van der Waals surface area contributed by atoms with Gasteiger partial charge in [-0.25, -0.2) is 4.39 Å². The van der Waals surface area contributed by atoms with Crippen LogP contribution in [0.1, 0.15) is 39.7 Å². The maximum absolute atomic E-state index is 13.7. The molecule has 2 N–H and O–H groups in total. The second-order valence-electron chi connectivity index (χ2n) is 6.90. The van der Waals surface area contributed by atoms with Crippen LogP contribution in [0.15, 0.2) is 54.2 Å². The fourth-order valence-electron chi connectivity index (χ4n) is 3.09. The van der Waals surface area contributed by atoms with Gasteiger partial charge in [0.2, 0.25) is 0 Å². The highest BCUT2D eigenvalue weighted by atomic mass is 19.1. The molecular weight excluding hydrogens is 323 g/mol. The molecule has 0 aliphatic heterocycles. The molecule has 0 amide bonds. The van der Waals surface area contributed by atoms with Crippen molar-refractivity contribution in [2.24, 2.45) is 5.41 Å². The van der Waals surface area contributed by atoms with E-state index in [1.54, 1.807) is 6.07 Å². The molecule has 2 aromatic rings. The van der Waals surface area contributed by atoms with Crippen molar-refractivity contribution in [1.82, 2.24) is 0 Å². The molecule has 0 spiro atoms. The van der Waals surface area contributed by atoms with E-state index in [0.29, 0.717) is 0 Å². The molecule has 0 saturated carbocycles. The lowest BCUT2D eigenvalue weighted by atomic mass is 9.79. The van der Waals surface area contributed by atoms with Gasteiger partial charge in [-0.15, -0.1) is 5.92 Å². The molecule has 26 heavy (non-hydrogen) atoms. The average molecular weight is 350 g/mol. The highest BCUT2D eigenvalue weighted by molar-refractivity contribution is 5.78. The summed E-state index contributed by atoms with van der Waals surface area (Å²) in [5.41, 5.74) is 10.2. The van der Waals surface area contributed by atoms with E-state index in [9.17, 15) is 4.39 Å². The zero-order valence-corrected chi connectivity index (χ0v) is 16.2. The fraction of sp³-hybridized carbons (Fsp3) is 0.304. The second kappa shape index (κ2) is 8.10. The van der Waals surface area contributed by atoms with Crippen LogP contribution in [-0.4, -0.2) is 7.05 Å². The van der Waals surface area contributed by atoms with Gasteiger partial charge in [-0.1, -0.05) is 31.0 Å². The first-order valence-electron chi connectivity index (χ1n) is 8.83. The number of benzene rings is 2. The van der Waals surface area contributed by atoms with Crippen LogP contribution < -0.4 is 10.6 Å². The number of anilines is 2. The standard InChI is InChI=1S/C23H27FN2/c1-6-7-15-23(3,4)22(18-11-13-20(25)14-12-18)17(2)26(5)21-10-8-9-19(24)16-21/h8-14,16H,6,25H2,1-5H3/b22-17-. The smallest absolute Gasteiger partial charge is 0.125 e. The Morgan fingerprint density at radius 1 is 1.15 bits per heavy atom. The van der Waals surface area contributed by atoms with Crippen LogP contribution >= 0.6 is 0 Å². The summed E-state index contributed by atoms with van der Waals surface area (Å²) < 4.78 is 13.7. The number of nitrogens with two attached hydrogens (primary N) is 1. The van der Waals surface area contributed by atoms with Crippen LogP contribution in [0.4, 0.5) is 15.8 Å².